The first-order chi connectivity index (χ1) is 7.66. The highest BCUT2D eigenvalue weighted by molar-refractivity contribution is 5.86. The molecule has 6 heteroatoms. The predicted octanol–water partition coefficient (Wildman–Crippen LogP) is 0.458. The van der Waals surface area contributed by atoms with Gasteiger partial charge in [-0.3, -0.25) is 4.98 Å². The molecular formula is C10H13N3O3. The third-order valence-electron chi connectivity index (χ3n) is 2.64. The number of piperidine rings is 1. The van der Waals surface area contributed by atoms with Crippen molar-refractivity contribution in [3.8, 4) is 0 Å². The van der Waals surface area contributed by atoms with E-state index in [1.54, 1.807) is 0 Å². The van der Waals surface area contributed by atoms with Crippen LogP contribution in [0.4, 0.5) is 5.82 Å². The Morgan fingerprint density at radius 2 is 2.06 bits per heavy atom. The smallest absolute Gasteiger partial charge is 0.352 e. The number of aromatic carboxylic acids is 1. The van der Waals surface area contributed by atoms with Gasteiger partial charge in [0.15, 0.2) is 0 Å². The van der Waals surface area contributed by atoms with Gasteiger partial charge in [-0.2, -0.15) is 4.98 Å². The van der Waals surface area contributed by atoms with Crippen LogP contribution in [0.15, 0.2) is 10.9 Å². The number of rotatable bonds is 2. The van der Waals surface area contributed by atoms with Crippen LogP contribution < -0.4 is 10.6 Å². The van der Waals surface area contributed by atoms with Crippen molar-refractivity contribution in [3.63, 3.8) is 0 Å². The highest BCUT2D eigenvalue weighted by Crippen LogP contribution is 2.16. The first-order valence-corrected chi connectivity index (χ1v) is 5.26. The van der Waals surface area contributed by atoms with Gasteiger partial charge in [0.2, 0.25) is 0 Å². The molecule has 0 radical (unpaired) electrons. The fraction of sp³-hybridized carbons (Fsp3) is 0.500. The number of aromatic nitrogens is 2. The van der Waals surface area contributed by atoms with Gasteiger partial charge in [0.1, 0.15) is 11.5 Å². The van der Waals surface area contributed by atoms with Gasteiger partial charge in [-0.1, -0.05) is 0 Å². The van der Waals surface area contributed by atoms with E-state index in [0.717, 1.165) is 25.9 Å². The molecule has 1 aliphatic rings. The summed E-state index contributed by atoms with van der Waals surface area (Å²) in [6.45, 7) is 1.66. The number of H-pyrrole nitrogens is 1. The lowest BCUT2D eigenvalue weighted by Gasteiger charge is -2.27. The van der Waals surface area contributed by atoms with E-state index in [2.05, 4.69) is 9.97 Å². The summed E-state index contributed by atoms with van der Waals surface area (Å²) in [6.07, 6.45) is 3.28. The first kappa shape index (κ1) is 10.7. The zero-order valence-electron chi connectivity index (χ0n) is 8.77. The van der Waals surface area contributed by atoms with E-state index in [4.69, 9.17) is 5.11 Å². The topological polar surface area (TPSA) is 86.3 Å². The highest BCUT2D eigenvalue weighted by atomic mass is 16.4. The maximum atomic E-state index is 11.2. The zero-order valence-corrected chi connectivity index (χ0v) is 8.77. The molecule has 86 valence electrons. The van der Waals surface area contributed by atoms with Crippen molar-refractivity contribution in [1.29, 1.82) is 0 Å². The SMILES string of the molecule is O=C(O)c1cc(N2CCCCC2)nc(=O)[nH]1. The van der Waals surface area contributed by atoms with Crippen LogP contribution in [-0.4, -0.2) is 34.1 Å². The van der Waals surface area contributed by atoms with Gasteiger partial charge in [-0.15, -0.1) is 0 Å². The van der Waals surface area contributed by atoms with Crippen LogP contribution >= 0.6 is 0 Å². The van der Waals surface area contributed by atoms with Gasteiger partial charge in [-0.25, -0.2) is 9.59 Å². The standard InChI is InChI=1S/C10H13N3O3/c14-9(15)7-6-8(12-10(16)11-7)13-4-2-1-3-5-13/h6H,1-5H2,(H,14,15)(H,11,12,16). The molecule has 1 aromatic heterocycles. The molecule has 0 amide bonds. The van der Waals surface area contributed by atoms with Gasteiger partial charge >= 0.3 is 11.7 Å². The van der Waals surface area contributed by atoms with Gasteiger partial charge in [0, 0.05) is 19.2 Å². The molecule has 0 bridgehead atoms. The Labute approximate surface area is 91.9 Å². The Hall–Kier alpha value is -1.85. The molecule has 0 saturated carbocycles. The van der Waals surface area contributed by atoms with Crippen LogP contribution in [0.2, 0.25) is 0 Å². The fourth-order valence-corrected chi connectivity index (χ4v) is 1.84. The fourth-order valence-electron chi connectivity index (χ4n) is 1.84. The Bertz CT molecular complexity index is 449. The number of anilines is 1. The second kappa shape index (κ2) is 4.34. The van der Waals surface area contributed by atoms with E-state index in [0.29, 0.717) is 5.82 Å². The Balaban J connectivity index is 2.32. The summed E-state index contributed by atoms with van der Waals surface area (Å²) in [7, 11) is 0. The summed E-state index contributed by atoms with van der Waals surface area (Å²) < 4.78 is 0. The quantitative estimate of drug-likeness (QED) is 0.760. The second-order valence-corrected chi connectivity index (χ2v) is 3.81. The van der Waals surface area contributed by atoms with Crippen molar-refractivity contribution in [2.24, 2.45) is 0 Å². The van der Waals surface area contributed by atoms with Gasteiger partial charge in [0.25, 0.3) is 0 Å². The molecule has 2 heterocycles. The molecule has 2 rings (SSSR count). The number of carbonyl (C=O) groups is 1. The maximum Gasteiger partial charge on any atom is 0.352 e. The number of hydrogen-bond acceptors (Lipinski definition) is 4. The van der Waals surface area contributed by atoms with Gasteiger partial charge in [-0.05, 0) is 19.3 Å². The maximum absolute atomic E-state index is 11.2. The molecule has 0 atom stereocenters. The average Bonchev–Trinajstić information content (AvgIpc) is 2.29. The Kier molecular flexibility index (Phi) is 2.89. The Morgan fingerprint density at radius 1 is 1.38 bits per heavy atom. The van der Waals surface area contributed by atoms with E-state index in [1.807, 2.05) is 4.90 Å². The third kappa shape index (κ3) is 2.21. The van der Waals surface area contributed by atoms with Crippen LogP contribution in [0, 0.1) is 0 Å². The normalized spacial score (nSPS) is 16.1. The molecule has 0 aromatic carbocycles. The minimum absolute atomic E-state index is 0.111. The molecule has 1 aliphatic heterocycles. The number of hydrogen-bond donors (Lipinski definition) is 2. The molecule has 2 N–H and O–H groups in total. The summed E-state index contributed by atoms with van der Waals surface area (Å²) in [5.74, 6) is -0.682. The van der Waals surface area contributed by atoms with E-state index >= 15 is 0 Å². The molecule has 1 aromatic rings. The predicted molar refractivity (Wildman–Crippen MR) is 57.9 cm³/mol. The van der Waals surface area contributed by atoms with Crippen molar-refractivity contribution in [2.45, 2.75) is 19.3 Å². The molecule has 16 heavy (non-hydrogen) atoms. The van der Waals surface area contributed by atoms with Crippen LogP contribution in [0.1, 0.15) is 29.8 Å². The van der Waals surface area contributed by atoms with Crippen LogP contribution in [0.25, 0.3) is 0 Å². The average molecular weight is 223 g/mol. The summed E-state index contributed by atoms with van der Waals surface area (Å²) >= 11 is 0. The molecule has 0 unspecified atom stereocenters. The van der Waals surface area contributed by atoms with Crippen molar-refractivity contribution in [1.82, 2.24) is 9.97 Å². The van der Waals surface area contributed by atoms with Gasteiger partial charge in [0.05, 0.1) is 0 Å². The van der Waals surface area contributed by atoms with Crippen LogP contribution in [0.3, 0.4) is 0 Å². The first-order valence-electron chi connectivity index (χ1n) is 5.26. The minimum Gasteiger partial charge on any atom is -0.477 e. The number of aromatic amines is 1. The van der Waals surface area contributed by atoms with Crippen LogP contribution in [0.5, 0.6) is 0 Å². The van der Waals surface area contributed by atoms with E-state index in [-0.39, 0.29) is 5.69 Å². The van der Waals surface area contributed by atoms with Crippen molar-refractivity contribution in [3.05, 3.63) is 22.2 Å². The van der Waals surface area contributed by atoms with Crippen molar-refractivity contribution < 1.29 is 9.90 Å². The van der Waals surface area contributed by atoms with E-state index in [1.165, 1.54) is 12.5 Å². The summed E-state index contributed by atoms with van der Waals surface area (Å²) in [4.78, 5) is 29.9. The van der Waals surface area contributed by atoms with Crippen LogP contribution in [-0.2, 0) is 0 Å². The monoisotopic (exact) mass is 223 g/mol. The molecular weight excluding hydrogens is 210 g/mol. The summed E-state index contributed by atoms with van der Waals surface area (Å²) in [5.41, 5.74) is -0.721. The lowest BCUT2D eigenvalue weighted by molar-refractivity contribution is 0.0690. The van der Waals surface area contributed by atoms with Crippen molar-refractivity contribution >= 4 is 11.8 Å². The van der Waals surface area contributed by atoms with E-state index in [9.17, 15) is 9.59 Å². The zero-order chi connectivity index (χ0) is 11.5. The molecule has 6 nitrogen and oxygen atoms in total. The number of nitrogens with one attached hydrogen (secondary N) is 1. The largest absolute Gasteiger partial charge is 0.477 e. The minimum atomic E-state index is -1.14. The van der Waals surface area contributed by atoms with E-state index < -0.39 is 11.7 Å². The molecule has 0 aliphatic carbocycles. The number of carboxylic acid groups (broad SMARTS) is 1. The molecule has 1 saturated heterocycles. The molecule has 1 fully saturated rings. The van der Waals surface area contributed by atoms with Gasteiger partial charge < -0.3 is 10.0 Å². The lowest BCUT2D eigenvalue weighted by atomic mass is 10.1. The number of nitrogens with zero attached hydrogens (tertiary/aromatic N) is 2. The number of carboxylic acids is 1. The van der Waals surface area contributed by atoms with Crippen molar-refractivity contribution in [2.75, 3.05) is 18.0 Å². The summed E-state index contributed by atoms with van der Waals surface area (Å²) in [6, 6.07) is 1.41. The second-order valence-electron chi connectivity index (χ2n) is 3.81. The highest BCUT2D eigenvalue weighted by Gasteiger charge is 2.15. The lowest BCUT2D eigenvalue weighted by Crippen LogP contribution is -2.32. The third-order valence-corrected chi connectivity index (χ3v) is 2.64. The Morgan fingerprint density at radius 3 is 2.69 bits per heavy atom. The summed E-state index contributed by atoms with van der Waals surface area (Å²) in [5, 5.41) is 8.82. The molecule has 0 spiro atoms.